The number of nitrogens with zero attached hydrogens (tertiary/aromatic N) is 1. The van der Waals surface area contributed by atoms with Crippen molar-refractivity contribution in [1.29, 1.82) is 0 Å². The third-order valence-corrected chi connectivity index (χ3v) is 6.78. The molecule has 164 valence electrons. The summed E-state index contributed by atoms with van der Waals surface area (Å²) >= 11 is 6.29. The van der Waals surface area contributed by atoms with Gasteiger partial charge in [0.25, 0.3) is 0 Å². The van der Waals surface area contributed by atoms with Gasteiger partial charge in [0.1, 0.15) is 0 Å². The minimum atomic E-state index is -0.0168. The lowest BCUT2D eigenvalue weighted by Crippen LogP contribution is -2.48. The van der Waals surface area contributed by atoms with E-state index in [-0.39, 0.29) is 17.4 Å². The molecule has 1 aliphatic rings. The Morgan fingerprint density at radius 3 is 2.52 bits per heavy atom. The molecule has 0 unspecified atom stereocenters. The van der Waals surface area contributed by atoms with Gasteiger partial charge in [-0.25, -0.2) is 0 Å². The Kier molecular flexibility index (Phi) is 9.73. The summed E-state index contributed by atoms with van der Waals surface area (Å²) in [5, 5.41) is 17.2. The minimum absolute atomic E-state index is 0.0168. The summed E-state index contributed by atoms with van der Waals surface area (Å²) in [6.45, 7) is 10.5. The number of hydrogen-bond donors (Lipinski definition) is 3. The van der Waals surface area contributed by atoms with Gasteiger partial charge in [-0.15, -0.1) is 0 Å². The number of hydrogen-bond acceptors (Lipinski definition) is 3. The number of ether oxygens (including phenoxy) is 1. The van der Waals surface area contributed by atoms with Gasteiger partial charge in [0.2, 0.25) is 0 Å². The van der Waals surface area contributed by atoms with Crippen molar-refractivity contribution in [2.45, 2.75) is 58.3 Å². The highest BCUT2D eigenvalue weighted by atomic mass is 35.5. The predicted octanol–water partition coefficient (Wildman–Crippen LogP) is 4.13. The van der Waals surface area contributed by atoms with Crippen molar-refractivity contribution in [2.75, 3.05) is 39.5 Å². The number of aliphatic imine (C=N–C) groups is 1. The first-order chi connectivity index (χ1) is 14.0. The summed E-state index contributed by atoms with van der Waals surface area (Å²) in [6, 6.07) is 8.20. The number of nitrogens with one attached hydrogen (secondary N) is 2. The average Bonchev–Trinajstić information content (AvgIpc) is 2.75. The zero-order chi connectivity index (χ0) is 21.2. The molecular weight excluding hydrogens is 386 g/mol. The second-order valence-corrected chi connectivity index (χ2v) is 8.57. The quantitative estimate of drug-likeness (QED) is 0.391. The Balaban J connectivity index is 2.17. The molecule has 1 aromatic rings. The molecule has 5 nitrogen and oxygen atoms in total. The molecule has 0 radical (unpaired) electrons. The highest BCUT2D eigenvalue weighted by Gasteiger charge is 2.35. The molecule has 0 saturated carbocycles. The van der Waals surface area contributed by atoms with E-state index in [1.165, 1.54) is 5.56 Å². The minimum Gasteiger partial charge on any atom is -0.396 e. The van der Waals surface area contributed by atoms with Crippen LogP contribution in [0.4, 0.5) is 0 Å². The van der Waals surface area contributed by atoms with Gasteiger partial charge in [-0.3, -0.25) is 4.99 Å². The van der Waals surface area contributed by atoms with Crippen LogP contribution < -0.4 is 10.6 Å². The summed E-state index contributed by atoms with van der Waals surface area (Å²) < 4.78 is 5.65. The van der Waals surface area contributed by atoms with Gasteiger partial charge in [0, 0.05) is 49.9 Å². The molecule has 0 amide bonds. The third-order valence-electron chi connectivity index (χ3n) is 6.54. The molecule has 1 aromatic carbocycles. The third kappa shape index (κ3) is 6.59. The van der Waals surface area contributed by atoms with Gasteiger partial charge in [-0.1, -0.05) is 37.6 Å². The average molecular weight is 424 g/mol. The van der Waals surface area contributed by atoms with Crippen molar-refractivity contribution >= 4 is 17.6 Å². The van der Waals surface area contributed by atoms with Crippen LogP contribution in [0.1, 0.15) is 58.4 Å². The fraction of sp³-hybridized carbons (Fsp3) is 0.696. The van der Waals surface area contributed by atoms with Crippen LogP contribution in [0.25, 0.3) is 0 Å². The van der Waals surface area contributed by atoms with Crippen LogP contribution in [0.15, 0.2) is 29.3 Å². The van der Waals surface area contributed by atoms with Crippen LogP contribution in [-0.4, -0.2) is 50.5 Å². The molecule has 1 aliphatic heterocycles. The smallest absolute Gasteiger partial charge is 0.191 e. The maximum atomic E-state index is 9.49. The van der Waals surface area contributed by atoms with E-state index in [4.69, 9.17) is 21.3 Å². The highest BCUT2D eigenvalue weighted by Crippen LogP contribution is 2.35. The topological polar surface area (TPSA) is 65.9 Å². The van der Waals surface area contributed by atoms with E-state index < -0.39 is 0 Å². The molecule has 0 aromatic heterocycles. The molecule has 6 heteroatoms. The molecular formula is C23H38ClN3O2. The van der Waals surface area contributed by atoms with Crippen LogP contribution in [0.2, 0.25) is 5.02 Å². The summed E-state index contributed by atoms with van der Waals surface area (Å²) in [6.07, 6.45) is 4.72. The summed E-state index contributed by atoms with van der Waals surface area (Å²) in [5.41, 5.74) is 1.30. The first kappa shape index (κ1) is 24.0. The van der Waals surface area contributed by atoms with Gasteiger partial charge in [-0.2, -0.15) is 0 Å². The van der Waals surface area contributed by atoms with Crippen LogP contribution in [-0.2, 0) is 10.2 Å². The maximum absolute atomic E-state index is 9.49. The number of guanidine groups is 1. The SMILES string of the molecule is CCNC(=NCC(CC)(CC)CCO)NCC1(c2cccc(Cl)c2)CCOCC1. The zero-order valence-electron chi connectivity index (χ0n) is 18.3. The fourth-order valence-corrected chi connectivity index (χ4v) is 4.32. The number of halogens is 1. The summed E-state index contributed by atoms with van der Waals surface area (Å²) in [7, 11) is 0. The van der Waals surface area contributed by atoms with Gasteiger partial charge in [0.05, 0.1) is 0 Å². The summed E-state index contributed by atoms with van der Waals surface area (Å²) in [5.74, 6) is 0.838. The normalized spacial score (nSPS) is 17.2. The van der Waals surface area contributed by atoms with Crippen molar-refractivity contribution in [1.82, 2.24) is 10.6 Å². The number of aliphatic hydroxyl groups excluding tert-OH is 1. The van der Waals surface area contributed by atoms with Crippen LogP contribution in [0.3, 0.4) is 0 Å². The molecule has 1 saturated heterocycles. The second-order valence-electron chi connectivity index (χ2n) is 8.13. The van der Waals surface area contributed by atoms with Crippen LogP contribution in [0, 0.1) is 5.41 Å². The van der Waals surface area contributed by atoms with E-state index in [0.717, 1.165) is 69.4 Å². The summed E-state index contributed by atoms with van der Waals surface area (Å²) in [4.78, 5) is 4.90. The molecule has 0 atom stereocenters. The largest absolute Gasteiger partial charge is 0.396 e. The lowest BCUT2D eigenvalue weighted by atomic mass is 9.74. The van der Waals surface area contributed by atoms with E-state index in [1.807, 2.05) is 12.1 Å². The Bertz CT molecular complexity index is 641. The number of benzene rings is 1. The molecule has 2 rings (SSSR count). The Hall–Kier alpha value is -1.30. The van der Waals surface area contributed by atoms with Crippen molar-refractivity contribution in [2.24, 2.45) is 10.4 Å². The zero-order valence-corrected chi connectivity index (χ0v) is 19.0. The molecule has 3 N–H and O–H groups in total. The van der Waals surface area contributed by atoms with Crippen molar-refractivity contribution in [3.05, 3.63) is 34.9 Å². The molecule has 0 aliphatic carbocycles. The van der Waals surface area contributed by atoms with E-state index in [0.29, 0.717) is 6.54 Å². The number of aliphatic hydroxyl groups is 1. The molecule has 0 spiro atoms. The van der Waals surface area contributed by atoms with Crippen molar-refractivity contribution in [3.63, 3.8) is 0 Å². The maximum Gasteiger partial charge on any atom is 0.191 e. The van der Waals surface area contributed by atoms with Crippen molar-refractivity contribution in [3.8, 4) is 0 Å². The van der Waals surface area contributed by atoms with Gasteiger partial charge in [-0.05, 0) is 62.1 Å². The van der Waals surface area contributed by atoms with Gasteiger partial charge < -0.3 is 20.5 Å². The Labute approximate surface area is 181 Å². The molecule has 0 bridgehead atoms. The Morgan fingerprint density at radius 1 is 1.21 bits per heavy atom. The van der Waals surface area contributed by atoms with Crippen molar-refractivity contribution < 1.29 is 9.84 Å². The standard InChI is InChI=1S/C23H38ClN3O2/c1-4-22(5-2,10-13-28)17-26-21(25-6-3)27-18-23(11-14-29-15-12-23)19-8-7-9-20(24)16-19/h7-9,16,28H,4-6,10-15,17-18H2,1-3H3,(H2,25,26,27). The fourth-order valence-electron chi connectivity index (χ4n) is 4.13. The molecule has 1 fully saturated rings. The highest BCUT2D eigenvalue weighted by molar-refractivity contribution is 6.30. The second kappa shape index (κ2) is 11.8. The predicted molar refractivity (Wildman–Crippen MR) is 122 cm³/mol. The lowest BCUT2D eigenvalue weighted by molar-refractivity contribution is 0.0514. The first-order valence-electron chi connectivity index (χ1n) is 11.0. The van der Waals surface area contributed by atoms with E-state index in [2.05, 4.69) is 43.5 Å². The van der Waals surface area contributed by atoms with Gasteiger partial charge in [0.15, 0.2) is 5.96 Å². The first-order valence-corrected chi connectivity index (χ1v) is 11.4. The molecule has 29 heavy (non-hydrogen) atoms. The number of rotatable bonds is 10. The molecule has 1 heterocycles. The van der Waals surface area contributed by atoms with E-state index >= 15 is 0 Å². The van der Waals surface area contributed by atoms with Gasteiger partial charge >= 0.3 is 0 Å². The Morgan fingerprint density at radius 2 is 1.93 bits per heavy atom. The van der Waals surface area contributed by atoms with Crippen LogP contribution >= 0.6 is 11.6 Å². The van der Waals surface area contributed by atoms with E-state index in [9.17, 15) is 5.11 Å². The monoisotopic (exact) mass is 423 g/mol. The van der Waals surface area contributed by atoms with Crippen LogP contribution in [0.5, 0.6) is 0 Å². The lowest BCUT2D eigenvalue weighted by Gasteiger charge is -2.38. The van der Waals surface area contributed by atoms with E-state index in [1.54, 1.807) is 0 Å².